The van der Waals surface area contributed by atoms with Crippen molar-refractivity contribution in [2.75, 3.05) is 0 Å². The van der Waals surface area contributed by atoms with Crippen molar-refractivity contribution in [2.45, 2.75) is 62.4 Å². The maximum atomic E-state index is 14.3. The van der Waals surface area contributed by atoms with E-state index in [1.165, 1.54) is 17.8 Å². The van der Waals surface area contributed by atoms with E-state index in [-0.39, 0.29) is 11.1 Å². The normalized spacial score (nSPS) is 15.2. The van der Waals surface area contributed by atoms with Crippen LogP contribution in [0.25, 0.3) is 11.4 Å². The first-order valence-electron chi connectivity index (χ1n) is 9.36. The quantitative estimate of drug-likeness (QED) is 0.507. The van der Waals surface area contributed by atoms with Crippen molar-refractivity contribution >= 4 is 11.8 Å². The van der Waals surface area contributed by atoms with Crippen LogP contribution in [-0.2, 0) is 6.42 Å². The third-order valence-corrected chi connectivity index (χ3v) is 5.60. The SMILES string of the molecule is CCCCc1noc(C(C)Sc2nnc(-c3ccccc3F)n2C2CC2)n1. The highest BCUT2D eigenvalue weighted by Gasteiger charge is 2.32. The van der Waals surface area contributed by atoms with Crippen LogP contribution in [0.3, 0.4) is 0 Å². The largest absolute Gasteiger partial charge is 0.338 e. The van der Waals surface area contributed by atoms with Gasteiger partial charge in [0.05, 0.1) is 10.8 Å². The minimum absolute atomic E-state index is 0.0527. The van der Waals surface area contributed by atoms with E-state index in [1.54, 1.807) is 12.1 Å². The molecule has 1 aliphatic rings. The molecule has 1 atom stereocenters. The molecule has 0 bridgehead atoms. The van der Waals surface area contributed by atoms with Gasteiger partial charge in [0.1, 0.15) is 5.82 Å². The number of hydrogen-bond donors (Lipinski definition) is 0. The highest BCUT2D eigenvalue weighted by molar-refractivity contribution is 7.99. The number of hydrogen-bond acceptors (Lipinski definition) is 6. The molecule has 1 fully saturated rings. The summed E-state index contributed by atoms with van der Waals surface area (Å²) in [5.41, 5.74) is 0.482. The summed E-state index contributed by atoms with van der Waals surface area (Å²) in [5.74, 6) is 1.63. The van der Waals surface area contributed by atoms with Crippen molar-refractivity contribution in [1.29, 1.82) is 0 Å². The molecular weight excluding hydrogens is 365 g/mol. The van der Waals surface area contributed by atoms with Gasteiger partial charge in [0.15, 0.2) is 16.8 Å². The Labute approximate surface area is 161 Å². The number of rotatable bonds is 8. The molecule has 0 amide bonds. The summed E-state index contributed by atoms with van der Waals surface area (Å²) in [5, 5.41) is 13.4. The first-order valence-corrected chi connectivity index (χ1v) is 10.2. The van der Waals surface area contributed by atoms with Crippen LogP contribution in [0.15, 0.2) is 33.9 Å². The summed E-state index contributed by atoms with van der Waals surface area (Å²) in [6.07, 6.45) is 5.08. The van der Waals surface area contributed by atoms with Crippen LogP contribution in [0.1, 0.15) is 62.5 Å². The zero-order valence-electron chi connectivity index (χ0n) is 15.4. The standard InChI is InChI=1S/C19H22FN5OS/c1-3-4-9-16-21-18(26-24-16)12(2)27-19-23-22-17(25(19)13-10-11-13)14-7-5-6-8-15(14)20/h5-8,12-13H,3-4,9-11H2,1-2H3. The van der Waals surface area contributed by atoms with E-state index in [1.807, 2.05) is 17.6 Å². The fourth-order valence-corrected chi connectivity index (χ4v) is 3.87. The molecule has 1 saturated carbocycles. The maximum absolute atomic E-state index is 14.3. The topological polar surface area (TPSA) is 69.6 Å². The van der Waals surface area contributed by atoms with Gasteiger partial charge in [0.2, 0.25) is 5.89 Å². The lowest BCUT2D eigenvalue weighted by Crippen LogP contribution is -2.02. The zero-order chi connectivity index (χ0) is 18.8. The van der Waals surface area contributed by atoms with Crippen molar-refractivity contribution in [3.05, 3.63) is 41.8 Å². The van der Waals surface area contributed by atoms with Gasteiger partial charge >= 0.3 is 0 Å². The van der Waals surface area contributed by atoms with Gasteiger partial charge in [0.25, 0.3) is 0 Å². The number of aryl methyl sites for hydroxylation is 1. The smallest absolute Gasteiger partial charge is 0.239 e. The molecule has 1 aliphatic carbocycles. The molecule has 2 heterocycles. The van der Waals surface area contributed by atoms with Crippen LogP contribution in [0.5, 0.6) is 0 Å². The average molecular weight is 387 g/mol. The van der Waals surface area contributed by atoms with E-state index in [0.717, 1.165) is 43.1 Å². The van der Waals surface area contributed by atoms with Crippen molar-refractivity contribution in [2.24, 2.45) is 0 Å². The molecule has 0 radical (unpaired) electrons. The van der Waals surface area contributed by atoms with E-state index >= 15 is 0 Å². The van der Waals surface area contributed by atoms with Crippen molar-refractivity contribution < 1.29 is 8.91 Å². The number of nitrogens with zero attached hydrogens (tertiary/aromatic N) is 5. The van der Waals surface area contributed by atoms with Crippen LogP contribution in [0, 0.1) is 5.82 Å². The fourth-order valence-electron chi connectivity index (χ4n) is 2.92. The second-order valence-corrected chi connectivity index (χ2v) is 8.11. The minimum Gasteiger partial charge on any atom is -0.338 e. The van der Waals surface area contributed by atoms with Crippen LogP contribution >= 0.6 is 11.8 Å². The minimum atomic E-state index is -0.283. The third kappa shape index (κ3) is 3.90. The van der Waals surface area contributed by atoms with Gasteiger partial charge in [0, 0.05) is 12.5 Å². The van der Waals surface area contributed by atoms with Gasteiger partial charge in [-0.05, 0) is 38.3 Å². The maximum Gasteiger partial charge on any atom is 0.239 e. The van der Waals surface area contributed by atoms with E-state index in [9.17, 15) is 4.39 Å². The van der Waals surface area contributed by atoms with Crippen molar-refractivity contribution in [3.8, 4) is 11.4 Å². The number of halogens is 1. The Hall–Kier alpha value is -2.22. The lowest BCUT2D eigenvalue weighted by atomic mass is 10.2. The Balaban J connectivity index is 1.57. The predicted molar refractivity (Wildman–Crippen MR) is 101 cm³/mol. The molecule has 8 heteroatoms. The molecule has 0 N–H and O–H groups in total. The first kappa shape index (κ1) is 18.2. The summed E-state index contributed by atoms with van der Waals surface area (Å²) < 4.78 is 21.7. The Morgan fingerprint density at radius 2 is 2.11 bits per heavy atom. The second kappa shape index (κ2) is 7.80. The lowest BCUT2D eigenvalue weighted by Gasteiger charge is -2.11. The van der Waals surface area contributed by atoms with E-state index < -0.39 is 0 Å². The molecule has 4 rings (SSSR count). The lowest BCUT2D eigenvalue weighted by molar-refractivity contribution is 0.374. The number of thioether (sulfide) groups is 1. The van der Waals surface area contributed by atoms with E-state index in [2.05, 4.69) is 27.3 Å². The molecule has 0 spiro atoms. The summed E-state index contributed by atoms with van der Waals surface area (Å²) in [4.78, 5) is 4.50. The van der Waals surface area contributed by atoms with Crippen molar-refractivity contribution in [3.63, 3.8) is 0 Å². The van der Waals surface area contributed by atoms with Gasteiger partial charge in [-0.15, -0.1) is 10.2 Å². The highest BCUT2D eigenvalue weighted by atomic mass is 32.2. The van der Waals surface area contributed by atoms with E-state index in [4.69, 9.17) is 4.52 Å². The molecule has 3 aromatic rings. The van der Waals surface area contributed by atoms with E-state index in [0.29, 0.717) is 23.3 Å². The Morgan fingerprint density at radius 1 is 1.30 bits per heavy atom. The monoisotopic (exact) mass is 387 g/mol. The molecule has 1 aromatic carbocycles. The molecule has 0 saturated heterocycles. The molecule has 0 aliphatic heterocycles. The van der Waals surface area contributed by atoms with Crippen LogP contribution in [0.4, 0.5) is 4.39 Å². The molecule has 2 aromatic heterocycles. The van der Waals surface area contributed by atoms with Crippen molar-refractivity contribution in [1.82, 2.24) is 24.9 Å². The summed E-state index contributed by atoms with van der Waals surface area (Å²) in [7, 11) is 0. The summed E-state index contributed by atoms with van der Waals surface area (Å²) >= 11 is 1.52. The van der Waals surface area contributed by atoms with Crippen LogP contribution in [0.2, 0.25) is 0 Å². The number of aromatic nitrogens is 5. The van der Waals surface area contributed by atoms with Crippen LogP contribution < -0.4 is 0 Å². The molecular formula is C19H22FN5OS. The highest BCUT2D eigenvalue weighted by Crippen LogP contribution is 2.43. The summed E-state index contributed by atoms with van der Waals surface area (Å²) in [6.45, 7) is 4.15. The molecule has 6 nitrogen and oxygen atoms in total. The van der Waals surface area contributed by atoms with Gasteiger partial charge < -0.3 is 4.52 Å². The first-order chi connectivity index (χ1) is 13.2. The second-order valence-electron chi connectivity index (χ2n) is 6.80. The van der Waals surface area contributed by atoms with Gasteiger partial charge in [-0.25, -0.2) is 4.39 Å². The Kier molecular flexibility index (Phi) is 5.24. The Bertz CT molecular complexity index is 920. The average Bonchev–Trinajstić information content (AvgIpc) is 3.24. The number of benzene rings is 1. The third-order valence-electron chi connectivity index (χ3n) is 4.56. The Morgan fingerprint density at radius 3 is 2.85 bits per heavy atom. The van der Waals surface area contributed by atoms with Gasteiger partial charge in [-0.3, -0.25) is 4.57 Å². The zero-order valence-corrected chi connectivity index (χ0v) is 16.2. The van der Waals surface area contributed by atoms with Gasteiger partial charge in [-0.2, -0.15) is 4.98 Å². The van der Waals surface area contributed by atoms with Crippen LogP contribution in [-0.4, -0.2) is 24.9 Å². The molecule has 1 unspecified atom stereocenters. The number of unbranched alkanes of at least 4 members (excludes halogenated alkanes) is 1. The molecule has 142 valence electrons. The predicted octanol–water partition coefficient (Wildman–Crippen LogP) is 5.00. The fraction of sp³-hybridized carbons (Fsp3) is 0.474. The van der Waals surface area contributed by atoms with Gasteiger partial charge in [-0.1, -0.05) is 42.4 Å². The summed E-state index contributed by atoms with van der Waals surface area (Å²) in [6, 6.07) is 7.02. The molecule has 27 heavy (non-hydrogen) atoms.